The number of nitrogens with zero attached hydrogens (tertiary/aromatic N) is 1. The van der Waals surface area contributed by atoms with Crippen molar-refractivity contribution < 1.29 is 5.11 Å². The summed E-state index contributed by atoms with van der Waals surface area (Å²) in [5.74, 6) is 0. The maximum absolute atomic E-state index is 9.71. The van der Waals surface area contributed by atoms with E-state index in [4.69, 9.17) is 0 Å². The number of rotatable bonds is 0. The second kappa shape index (κ2) is 2.55. The molecular weight excluding hydrogens is 157 g/mol. The number of hydrogen-bond acceptors (Lipinski definition) is 2. The molecule has 0 bridgehead atoms. The molecule has 2 aliphatic rings. The lowest BCUT2D eigenvalue weighted by molar-refractivity contribution is -0.0542. The average molecular weight is 171 g/mol. The Kier molecular flexibility index (Phi) is 1.79. The fraction of sp³-hybridized carbons (Fsp3) is 0.750. The van der Waals surface area contributed by atoms with Gasteiger partial charge in [-0.2, -0.15) is 0 Å². The Balaban J connectivity index is 2.07. The first-order chi connectivity index (χ1) is 5.23. The largest absolute Gasteiger partial charge is 0.392 e. The van der Waals surface area contributed by atoms with Crippen LogP contribution in [0.4, 0.5) is 0 Å². The lowest BCUT2D eigenvalue weighted by Gasteiger charge is -2.52. The molecule has 0 aromatic heterocycles. The summed E-state index contributed by atoms with van der Waals surface area (Å²) in [4.78, 5) is 0. The molecular formula is C8H14NOP. The van der Waals surface area contributed by atoms with Gasteiger partial charge in [-0.1, -0.05) is 21.5 Å². The monoisotopic (exact) mass is 171 g/mol. The maximum Gasteiger partial charge on any atom is 0.0658 e. The van der Waals surface area contributed by atoms with Crippen LogP contribution in [0.15, 0.2) is 12.2 Å². The third kappa shape index (κ3) is 1.14. The lowest BCUT2D eigenvalue weighted by atomic mass is 9.70. The van der Waals surface area contributed by atoms with E-state index in [-0.39, 0.29) is 11.5 Å². The van der Waals surface area contributed by atoms with Crippen LogP contribution in [-0.4, -0.2) is 29.0 Å². The quantitative estimate of drug-likeness (QED) is 0.430. The van der Waals surface area contributed by atoms with Crippen LogP contribution in [0.5, 0.6) is 0 Å². The molecule has 1 spiro atoms. The van der Waals surface area contributed by atoms with Gasteiger partial charge in [-0.25, -0.2) is 0 Å². The highest BCUT2D eigenvalue weighted by Crippen LogP contribution is 2.42. The van der Waals surface area contributed by atoms with Crippen LogP contribution in [0, 0.1) is 5.41 Å². The predicted molar refractivity (Wildman–Crippen MR) is 48.1 cm³/mol. The van der Waals surface area contributed by atoms with Crippen molar-refractivity contribution in [2.24, 2.45) is 5.41 Å². The van der Waals surface area contributed by atoms with Crippen LogP contribution in [-0.2, 0) is 0 Å². The molecule has 11 heavy (non-hydrogen) atoms. The van der Waals surface area contributed by atoms with Gasteiger partial charge >= 0.3 is 0 Å². The molecule has 0 saturated carbocycles. The van der Waals surface area contributed by atoms with E-state index in [9.17, 15) is 5.11 Å². The molecule has 2 rings (SSSR count). The zero-order valence-corrected chi connectivity index (χ0v) is 7.69. The molecule has 0 amide bonds. The number of allylic oxidation sites excluding steroid dienone is 1. The summed E-state index contributed by atoms with van der Waals surface area (Å²) in [6.07, 6.45) is 6.08. The Labute approximate surface area is 69.5 Å². The van der Waals surface area contributed by atoms with Gasteiger partial charge in [0.05, 0.1) is 6.10 Å². The van der Waals surface area contributed by atoms with Crippen LogP contribution in [0.25, 0.3) is 0 Å². The molecule has 0 aromatic rings. The molecule has 2 atom stereocenters. The van der Waals surface area contributed by atoms with Gasteiger partial charge < -0.3 is 5.11 Å². The standard InChI is InChI=1S/C8H14NOP/c10-7-3-1-2-4-8(7)5-9(11)6-8/h1-2,7,10H,3-6,11H2. The fourth-order valence-electron chi connectivity index (χ4n) is 2.03. The van der Waals surface area contributed by atoms with Crippen molar-refractivity contribution in [3.8, 4) is 0 Å². The van der Waals surface area contributed by atoms with Crippen molar-refractivity contribution >= 4 is 9.39 Å². The van der Waals surface area contributed by atoms with Gasteiger partial charge in [-0.05, 0) is 12.8 Å². The van der Waals surface area contributed by atoms with Crippen molar-refractivity contribution in [3.63, 3.8) is 0 Å². The zero-order chi connectivity index (χ0) is 7.90. The van der Waals surface area contributed by atoms with Gasteiger partial charge in [-0.15, -0.1) is 0 Å². The van der Waals surface area contributed by atoms with Crippen LogP contribution < -0.4 is 0 Å². The van der Waals surface area contributed by atoms with Gasteiger partial charge in [0.2, 0.25) is 0 Å². The molecule has 1 saturated heterocycles. The SMILES string of the molecule is OC1CC=CCC12CN(P)C2. The van der Waals surface area contributed by atoms with Gasteiger partial charge in [0.25, 0.3) is 0 Å². The zero-order valence-electron chi connectivity index (χ0n) is 6.53. The van der Waals surface area contributed by atoms with Crippen molar-refractivity contribution in [1.29, 1.82) is 0 Å². The molecule has 62 valence electrons. The topological polar surface area (TPSA) is 23.5 Å². The average Bonchev–Trinajstić information content (AvgIpc) is 1.92. The van der Waals surface area contributed by atoms with Crippen molar-refractivity contribution in [1.82, 2.24) is 4.67 Å². The van der Waals surface area contributed by atoms with E-state index in [0.29, 0.717) is 0 Å². The first-order valence-corrected chi connectivity index (χ1v) is 4.57. The van der Waals surface area contributed by atoms with E-state index in [0.717, 1.165) is 25.9 Å². The van der Waals surface area contributed by atoms with Crippen molar-refractivity contribution in [2.75, 3.05) is 13.1 Å². The minimum absolute atomic E-state index is 0.107. The summed E-state index contributed by atoms with van der Waals surface area (Å²) in [5.41, 5.74) is 0.205. The molecule has 3 heteroatoms. The third-order valence-corrected chi connectivity index (χ3v) is 3.16. The molecule has 1 aliphatic carbocycles. The predicted octanol–water partition coefficient (Wildman–Crippen LogP) is 0.789. The van der Waals surface area contributed by atoms with Gasteiger partial charge in [0.1, 0.15) is 0 Å². The highest BCUT2D eigenvalue weighted by Gasteiger charge is 2.46. The smallest absolute Gasteiger partial charge is 0.0658 e. The summed E-state index contributed by atoms with van der Waals surface area (Å²) < 4.78 is 2.18. The van der Waals surface area contributed by atoms with Gasteiger partial charge in [-0.3, -0.25) is 4.67 Å². The molecule has 2 nitrogen and oxygen atoms in total. The molecule has 1 heterocycles. The van der Waals surface area contributed by atoms with E-state index in [1.165, 1.54) is 0 Å². The Bertz CT molecular complexity index is 187. The molecule has 1 N–H and O–H groups in total. The molecule has 0 radical (unpaired) electrons. The molecule has 1 fully saturated rings. The summed E-state index contributed by atoms with van der Waals surface area (Å²) in [7, 11) is 2.68. The van der Waals surface area contributed by atoms with E-state index in [1.54, 1.807) is 0 Å². The number of aliphatic hydroxyl groups is 1. The third-order valence-electron chi connectivity index (χ3n) is 2.79. The number of hydrogen-bond donors (Lipinski definition) is 1. The summed E-state index contributed by atoms with van der Waals surface area (Å²) >= 11 is 0. The first kappa shape index (κ1) is 7.72. The summed E-state index contributed by atoms with van der Waals surface area (Å²) in [5, 5.41) is 9.71. The van der Waals surface area contributed by atoms with Gasteiger partial charge in [0, 0.05) is 18.5 Å². The Morgan fingerprint density at radius 2 is 2.18 bits per heavy atom. The van der Waals surface area contributed by atoms with E-state index in [2.05, 4.69) is 26.2 Å². The normalized spacial score (nSPS) is 35.6. The van der Waals surface area contributed by atoms with Gasteiger partial charge in [0.15, 0.2) is 0 Å². The Morgan fingerprint density at radius 3 is 2.73 bits per heavy atom. The molecule has 2 unspecified atom stereocenters. The second-order valence-corrected chi connectivity index (χ2v) is 4.42. The molecule has 0 aromatic carbocycles. The fourth-order valence-corrected chi connectivity index (χ4v) is 2.76. The van der Waals surface area contributed by atoms with Crippen molar-refractivity contribution in [3.05, 3.63) is 12.2 Å². The molecule has 1 aliphatic heterocycles. The second-order valence-electron chi connectivity index (χ2n) is 3.69. The van der Waals surface area contributed by atoms with Crippen LogP contribution in [0.3, 0.4) is 0 Å². The number of aliphatic hydroxyl groups excluding tert-OH is 1. The van der Waals surface area contributed by atoms with Crippen LogP contribution >= 0.6 is 9.39 Å². The summed E-state index contributed by atoms with van der Waals surface area (Å²) in [6.45, 7) is 2.06. The lowest BCUT2D eigenvalue weighted by Crippen LogP contribution is -2.58. The Hall–Kier alpha value is 0.0900. The summed E-state index contributed by atoms with van der Waals surface area (Å²) in [6, 6.07) is 0. The first-order valence-electron chi connectivity index (χ1n) is 4.06. The van der Waals surface area contributed by atoms with E-state index in [1.807, 2.05) is 0 Å². The minimum atomic E-state index is -0.107. The van der Waals surface area contributed by atoms with E-state index >= 15 is 0 Å². The highest BCUT2D eigenvalue weighted by molar-refractivity contribution is 7.13. The highest BCUT2D eigenvalue weighted by atomic mass is 31.0. The Morgan fingerprint density at radius 1 is 1.45 bits per heavy atom. The maximum atomic E-state index is 9.71. The minimum Gasteiger partial charge on any atom is -0.392 e. The van der Waals surface area contributed by atoms with Crippen LogP contribution in [0.1, 0.15) is 12.8 Å². The van der Waals surface area contributed by atoms with E-state index < -0.39 is 0 Å². The van der Waals surface area contributed by atoms with Crippen molar-refractivity contribution in [2.45, 2.75) is 18.9 Å². The van der Waals surface area contributed by atoms with Crippen LogP contribution in [0.2, 0.25) is 0 Å².